The number of aliphatic imine (C=N–C) groups is 1. The Balaban J connectivity index is 1.58. The Morgan fingerprint density at radius 2 is 2.15 bits per heavy atom. The maximum atomic E-state index is 4.74. The van der Waals surface area contributed by atoms with E-state index in [1.165, 1.54) is 35.6 Å². The Kier molecular flexibility index (Phi) is 6.60. The van der Waals surface area contributed by atoms with Gasteiger partial charge in [-0.2, -0.15) is 0 Å². The lowest BCUT2D eigenvalue weighted by Crippen LogP contribution is -2.43. The molecule has 2 N–H and O–H groups in total. The van der Waals surface area contributed by atoms with Gasteiger partial charge in [0, 0.05) is 37.1 Å². The lowest BCUT2D eigenvalue weighted by molar-refractivity contribution is 0.610. The van der Waals surface area contributed by atoms with Crippen LogP contribution in [0.5, 0.6) is 0 Å². The Morgan fingerprint density at radius 3 is 2.81 bits per heavy atom. The first-order valence-electron chi connectivity index (χ1n) is 9.49. The molecule has 0 spiro atoms. The van der Waals surface area contributed by atoms with Gasteiger partial charge in [-0.25, -0.2) is 9.98 Å². The molecule has 0 bridgehead atoms. The predicted molar refractivity (Wildman–Crippen MR) is 105 cm³/mol. The summed E-state index contributed by atoms with van der Waals surface area (Å²) in [6, 6.07) is 0.522. The Hall–Kier alpha value is -1.96. The Bertz CT molecular complexity index is 728. The van der Waals surface area contributed by atoms with E-state index in [1.54, 1.807) is 11.3 Å². The average Bonchev–Trinajstić information content (AvgIpc) is 3.37. The smallest absolute Gasteiger partial charge is 0.191 e. The summed E-state index contributed by atoms with van der Waals surface area (Å²) in [5.74, 6) is 2.65. The highest BCUT2D eigenvalue weighted by molar-refractivity contribution is 7.11. The number of rotatable bonds is 7. The zero-order valence-corrected chi connectivity index (χ0v) is 16.8. The lowest BCUT2D eigenvalue weighted by Gasteiger charge is -2.17. The van der Waals surface area contributed by atoms with Crippen molar-refractivity contribution in [2.24, 2.45) is 12.0 Å². The predicted octanol–water partition coefficient (Wildman–Crippen LogP) is 2.36. The molecular formula is C18H29N7S. The van der Waals surface area contributed by atoms with E-state index in [0.717, 1.165) is 37.0 Å². The molecule has 26 heavy (non-hydrogen) atoms. The molecule has 1 saturated carbocycles. The molecule has 2 aromatic rings. The zero-order valence-electron chi connectivity index (χ0n) is 16.0. The van der Waals surface area contributed by atoms with E-state index in [2.05, 4.69) is 32.7 Å². The Morgan fingerprint density at radius 1 is 1.35 bits per heavy atom. The molecule has 3 rings (SSSR count). The third-order valence-electron chi connectivity index (χ3n) is 4.84. The summed E-state index contributed by atoms with van der Waals surface area (Å²) in [5.41, 5.74) is 0. The van der Waals surface area contributed by atoms with Crippen LogP contribution in [0.1, 0.15) is 54.1 Å². The van der Waals surface area contributed by atoms with Crippen molar-refractivity contribution in [2.75, 3.05) is 6.54 Å². The molecule has 142 valence electrons. The zero-order chi connectivity index (χ0) is 18.4. The summed E-state index contributed by atoms with van der Waals surface area (Å²) >= 11 is 1.80. The van der Waals surface area contributed by atoms with Crippen LogP contribution in [0, 0.1) is 6.92 Å². The van der Waals surface area contributed by atoms with E-state index in [4.69, 9.17) is 4.99 Å². The highest BCUT2D eigenvalue weighted by Gasteiger charge is 2.16. The van der Waals surface area contributed by atoms with Crippen molar-refractivity contribution in [3.05, 3.63) is 27.7 Å². The fraction of sp³-hybridized carbons (Fsp3) is 0.667. The molecule has 0 aliphatic heterocycles. The summed E-state index contributed by atoms with van der Waals surface area (Å²) in [4.78, 5) is 10.6. The normalized spacial score (nSPS) is 15.6. The average molecular weight is 376 g/mol. The van der Waals surface area contributed by atoms with Crippen LogP contribution < -0.4 is 10.6 Å². The number of nitrogens with zero attached hydrogens (tertiary/aromatic N) is 5. The van der Waals surface area contributed by atoms with E-state index < -0.39 is 0 Å². The molecule has 8 heteroatoms. The SMILES string of the molecule is CCc1cnc(CCNC(=NCc2nnc(C)n2C)NC2CCCC2)s1. The van der Waals surface area contributed by atoms with Gasteiger partial charge in [-0.3, -0.25) is 0 Å². The van der Waals surface area contributed by atoms with E-state index in [9.17, 15) is 0 Å². The van der Waals surface area contributed by atoms with E-state index in [0.29, 0.717) is 12.6 Å². The molecule has 0 aromatic carbocycles. The number of hydrogen-bond acceptors (Lipinski definition) is 5. The number of thiazole rings is 1. The van der Waals surface area contributed by atoms with Crippen molar-refractivity contribution < 1.29 is 0 Å². The minimum absolute atomic E-state index is 0.522. The maximum Gasteiger partial charge on any atom is 0.191 e. The molecule has 7 nitrogen and oxygen atoms in total. The van der Waals surface area contributed by atoms with Gasteiger partial charge in [-0.05, 0) is 26.2 Å². The van der Waals surface area contributed by atoms with Crippen molar-refractivity contribution in [3.8, 4) is 0 Å². The minimum Gasteiger partial charge on any atom is -0.356 e. The van der Waals surface area contributed by atoms with Crippen molar-refractivity contribution in [1.29, 1.82) is 0 Å². The van der Waals surface area contributed by atoms with Crippen LogP contribution in [-0.2, 0) is 26.4 Å². The van der Waals surface area contributed by atoms with Crippen LogP contribution in [0.3, 0.4) is 0 Å². The molecule has 1 aliphatic carbocycles. The highest BCUT2D eigenvalue weighted by Crippen LogP contribution is 2.17. The second-order valence-corrected chi connectivity index (χ2v) is 7.96. The molecule has 0 radical (unpaired) electrons. The number of hydrogen-bond donors (Lipinski definition) is 2. The van der Waals surface area contributed by atoms with Crippen molar-refractivity contribution in [3.63, 3.8) is 0 Å². The molecule has 0 atom stereocenters. The van der Waals surface area contributed by atoms with Gasteiger partial charge < -0.3 is 15.2 Å². The number of aromatic nitrogens is 4. The van der Waals surface area contributed by atoms with Gasteiger partial charge in [0.15, 0.2) is 11.8 Å². The lowest BCUT2D eigenvalue weighted by atomic mass is 10.2. The molecule has 1 aliphatic rings. The summed E-state index contributed by atoms with van der Waals surface area (Å²) < 4.78 is 1.98. The second kappa shape index (κ2) is 9.12. The number of nitrogens with one attached hydrogen (secondary N) is 2. The minimum atomic E-state index is 0.522. The highest BCUT2D eigenvalue weighted by atomic mass is 32.1. The van der Waals surface area contributed by atoms with E-state index in [-0.39, 0.29) is 0 Å². The second-order valence-electron chi connectivity index (χ2n) is 6.76. The fourth-order valence-electron chi connectivity index (χ4n) is 3.07. The molecule has 2 aromatic heterocycles. The third kappa shape index (κ3) is 5.03. The van der Waals surface area contributed by atoms with Gasteiger partial charge in [-0.1, -0.05) is 19.8 Å². The van der Waals surface area contributed by atoms with Crippen LogP contribution >= 0.6 is 11.3 Å². The van der Waals surface area contributed by atoms with Crippen molar-refractivity contribution in [2.45, 2.75) is 65.0 Å². The molecular weight excluding hydrogens is 346 g/mol. The molecule has 0 saturated heterocycles. The first-order valence-corrected chi connectivity index (χ1v) is 10.3. The van der Waals surface area contributed by atoms with Crippen molar-refractivity contribution in [1.82, 2.24) is 30.4 Å². The van der Waals surface area contributed by atoms with Gasteiger partial charge in [-0.15, -0.1) is 21.5 Å². The number of guanidine groups is 1. The first-order chi connectivity index (χ1) is 12.7. The fourth-order valence-corrected chi connectivity index (χ4v) is 3.93. The third-order valence-corrected chi connectivity index (χ3v) is 6.04. The number of aryl methyl sites for hydroxylation is 2. The summed E-state index contributed by atoms with van der Waals surface area (Å²) in [5, 5.41) is 16.5. The molecule has 0 amide bonds. The van der Waals surface area contributed by atoms with Crippen LogP contribution in [-0.4, -0.2) is 38.3 Å². The van der Waals surface area contributed by atoms with Crippen molar-refractivity contribution >= 4 is 17.3 Å². The van der Waals surface area contributed by atoms with Gasteiger partial charge >= 0.3 is 0 Å². The molecule has 1 fully saturated rings. The topological polar surface area (TPSA) is 80.0 Å². The molecule has 2 heterocycles. The largest absolute Gasteiger partial charge is 0.356 e. The van der Waals surface area contributed by atoms with Gasteiger partial charge in [0.2, 0.25) is 0 Å². The standard InChI is InChI=1S/C18H29N7S/c1-4-15-11-20-17(26-15)9-10-19-18(22-14-7-5-6-8-14)21-12-16-24-23-13(2)25(16)3/h11,14H,4-10,12H2,1-3H3,(H2,19,21,22). The summed E-state index contributed by atoms with van der Waals surface area (Å²) in [7, 11) is 1.98. The summed E-state index contributed by atoms with van der Waals surface area (Å²) in [6.07, 6.45) is 8.99. The Labute approximate surface area is 159 Å². The quantitative estimate of drug-likeness (QED) is 0.574. The van der Waals surface area contributed by atoms with Crippen LogP contribution in [0.4, 0.5) is 0 Å². The van der Waals surface area contributed by atoms with Crippen LogP contribution in [0.25, 0.3) is 0 Å². The van der Waals surface area contributed by atoms with Gasteiger partial charge in [0.1, 0.15) is 12.4 Å². The molecule has 0 unspecified atom stereocenters. The first kappa shape index (κ1) is 18.8. The van der Waals surface area contributed by atoms with E-state index in [1.807, 2.05) is 24.7 Å². The summed E-state index contributed by atoms with van der Waals surface area (Å²) in [6.45, 7) is 5.47. The van der Waals surface area contributed by atoms with Crippen LogP contribution in [0.15, 0.2) is 11.2 Å². The van der Waals surface area contributed by atoms with Gasteiger partial charge in [0.05, 0.1) is 5.01 Å². The maximum absolute atomic E-state index is 4.74. The van der Waals surface area contributed by atoms with Crippen LogP contribution in [0.2, 0.25) is 0 Å². The van der Waals surface area contributed by atoms with Gasteiger partial charge in [0.25, 0.3) is 0 Å². The monoisotopic (exact) mass is 375 g/mol. The van der Waals surface area contributed by atoms with E-state index >= 15 is 0 Å².